The van der Waals surface area contributed by atoms with Gasteiger partial charge in [-0.15, -0.1) is 11.6 Å². The van der Waals surface area contributed by atoms with Crippen LogP contribution in [0.4, 0.5) is 5.69 Å². The van der Waals surface area contributed by atoms with Crippen LogP contribution in [0.25, 0.3) is 0 Å². The van der Waals surface area contributed by atoms with Gasteiger partial charge in [-0.25, -0.2) is 0 Å². The van der Waals surface area contributed by atoms with Crippen LogP contribution in [-0.2, 0) is 0 Å². The molecule has 4 nitrogen and oxygen atoms in total. The summed E-state index contributed by atoms with van der Waals surface area (Å²) in [6, 6.07) is 14.2. The van der Waals surface area contributed by atoms with Crippen molar-refractivity contribution in [1.29, 1.82) is 0 Å². The molecule has 0 saturated carbocycles. The van der Waals surface area contributed by atoms with E-state index in [2.05, 4.69) is 5.32 Å². The molecule has 0 fully saturated rings. The number of nitrogens with one attached hydrogen (secondary N) is 1. The lowest BCUT2D eigenvalue weighted by Gasteiger charge is -2.13. The Kier molecular flexibility index (Phi) is 5.81. The van der Waals surface area contributed by atoms with Gasteiger partial charge >= 0.3 is 0 Å². The van der Waals surface area contributed by atoms with Crippen LogP contribution in [0.3, 0.4) is 0 Å². The van der Waals surface area contributed by atoms with Gasteiger partial charge < -0.3 is 15.2 Å². The average Bonchev–Trinajstić information content (AvgIpc) is 2.59. The lowest BCUT2D eigenvalue weighted by molar-refractivity contribution is 0.103. The van der Waals surface area contributed by atoms with E-state index in [4.69, 9.17) is 16.3 Å². The summed E-state index contributed by atoms with van der Waals surface area (Å²) < 4.78 is 5.09. The summed E-state index contributed by atoms with van der Waals surface area (Å²) in [4.78, 5) is 12.6. The third kappa shape index (κ3) is 4.00. The molecule has 0 spiro atoms. The molecule has 22 heavy (non-hydrogen) atoms. The Balaban J connectivity index is 2.21. The molecule has 0 heterocycles. The van der Waals surface area contributed by atoms with Crippen molar-refractivity contribution in [2.45, 2.75) is 6.10 Å². The fraction of sp³-hybridized carbons (Fsp3) is 0.235. The zero-order valence-electron chi connectivity index (χ0n) is 12.3. The standard InChI is InChI=1S/C17H18ClNO3/c1-22-14-8-6-12(7-9-14)17(21)15-4-2-3-5-16(15)19-11-13(20)10-18/h2-9,13,19-20H,10-11H2,1H3. The molecule has 0 saturated heterocycles. The van der Waals surface area contributed by atoms with Crippen LogP contribution in [0.5, 0.6) is 5.75 Å². The van der Waals surface area contributed by atoms with Crippen LogP contribution in [0.15, 0.2) is 48.5 Å². The van der Waals surface area contributed by atoms with Gasteiger partial charge in [0.05, 0.1) is 19.1 Å². The van der Waals surface area contributed by atoms with Gasteiger partial charge in [-0.05, 0) is 36.4 Å². The Labute approximate surface area is 134 Å². The van der Waals surface area contributed by atoms with Crippen LogP contribution >= 0.6 is 11.6 Å². The molecule has 0 amide bonds. The number of benzene rings is 2. The van der Waals surface area contributed by atoms with Crippen molar-refractivity contribution in [2.75, 3.05) is 24.9 Å². The number of hydrogen-bond acceptors (Lipinski definition) is 4. The second-order valence-electron chi connectivity index (χ2n) is 4.79. The molecule has 0 radical (unpaired) electrons. The average molecular weight is 320 g/mol. The summed E-state index contributed by atoms with van der Waals surface area (Å²) in [5.41, 5.74) is 1.80. The number of halogens is 1. The van der Waals surface area contributed by atoms with Crippen LogP contribution in [0.2, 0.25) is 0 Å². The van der Waals surface area contributed by atoms with Gasteiger partial charge in [0.25, 0.3) is 0 Å². The molecular weight excluding hydrogens is 302 g/mol. The first kappa shape index (κ1) is 16.3. The Morgan fingerprint density at radius 1 is 1.23 bits per heavy atom. The van der Waals surface area contributed by atoms with Crippen molar-refractivity contribution in [2.24, 2.45) is 0 Å². The summed E-state index contributed by atoms with van der Waals surface area (Å²) in [6.07, 6.45) is -0.661. The van der Waals surface area contributed by atoms with E-state index in [9.17, 15) is 9.90 Å². The summed E-state index contributed by atoms with van der Waals surface area (Å²) in [7, 11) is 1.58. The number of anilines is 1. The number of ketones is 1. The Morgan fingerprint density at radius 3 is 2.55 bits per heavy atom. The second kappa shape index (κ2) is 7.82. The zero-order valence-corrected chi connectivity index (χ0v) is 13.0. The first-order valence-electron chi connectivity index (χ1n) is 6.91. The molecule has 1 atom stereocenters. The first-order valence-corrected chi connectivity index (χ1v) is 7.45. The number of para-hydroxylation sites is 1. The minimum absolute atomic E-state index is 0.0916. The van der Waals surface area contributed by atoms with Crippen molar-refractivity contribution in [3.8, 4) is 5.75 Å². The van der Waals surface area contributed by atoms with Crippen molar-refractivity contribution >= 4 is 23.1 Å². The summed E-state index contributed by atoms with van der Waals surface area (Å²) in [6.45, 7) is 0.288. The van der Waals surface area contributed by atoms with E-state index in [0.717, 1.165) is 0 Å². The lowest BCUT2D eigenvalue weighted by atomic mass is 10.0. The molecule has 2 aromatic carbocycles. The molecule has 2 N–H and O–H groups in total. The quantitative estimate of drug-likeness (QED) is 0.608. The van der Waals surface area contributed by atoms with Crippen molar-refractivity contribution in [3.05, 3.63) is 59.7 Å². The van der Waals surface area contributed by atoms with Crippen LogP contribution < -0.4 is 10.1 Å². The smallest absolute Gasteiger partial charge is 0.195 e. The molecule has 1 unspecified atom stereocenters. The van der Waals surface area contributed by atoms with E-state index < -0.39 is 6.10 Å². The maximum absolute atomic E-state index is 12.6. The van der Waals surface area contributed by atoms with Gasteiger partial charge in [0.15, 0.2) is 5.78 Å². The number of methoxy groups -OCH3 is 1. The highest BCUT2D eigenvalue weighted by Crippen LogP contribution is 2.21. The Morgan fingerprint density at radius 2 is 1.91 bits per heavy atom. The highest BCUT2D eigenvalue weighted by atomic mass is 35.5. The number of hydrogen-bond donors (Lipinski definition) is 2. The van der Waals surface area contributed by atoms with Gasteiger partial charge in [-0.2, -0.15) is 0 Å². The van der Waals surface area contributed by atoms with Gasteiger partial charge in [-0.1, -0.05) is 12.1 Å². The summed E-state index contributed by atoms with van der Waals surface area (Å²) in [5, 5.41) is 12.6. The van der Waals surface area contributed by atoms with Crippen LogP contribution in [-0.4, -0.2) is 36.5 Å². The largest absolute Gasteiger partial charge is 0.497 e. The molecule has 0 bridgehead atoms. The monoisotopic (exact) mass is 319 g/mol. The number of ether oxygens (including phenoxy) is 1. The number of rotatable bonds is 7. The van der Waals surface area contributed by atoms with E-state index in [1.807, 2.05) is 6.07 Å². The zero-order chi connectivity index (χ0) is 15.9. The maximum atomic E-state index is 12.6. The van der Waals surface area contributed by atoms with E-state index in [1.165, 1.54) is 0 Å². The fourth-order valence-corrected chi connectivity index (χ4v) is 2.12. The Hall–Kier alpha value is -2.04. The third-order valence-electron chi connectivity index (χ3n) is 3.23. The molecule has 2 rings (SSSR count). The van der Waals surface area contributed by atoms with E-state index in [0.29, 0.717) is 22.6 Å². The second-order valence-corrected chi connectivity index (χ2v) is 5.10. The number of carbonyl (C=O) groups excluding carboxylic acids is 1. The van der Waals surface area contributed by atoms with E-state index >= 15 is 0 Å². The molecule has 0 aliphatic heterocycles. The molecule has 5 heteroatoms. The van der Waals surface area contributed by atoms with Gasteiger partial charge in [-0.3, -0.25) is 4.79 Å². The summed E-state index contributed by atoms with van der Waals surface area (Å²) in [5.74, 6) is 0.751. The van der Waals surface area contributed by atoms with Gasteiger partial charge in [0.2, 0.25) is 0 Å². The number of aliphatic hydroxyl groups excluding tert-OH is 1. The molecular formula is C17H18ClNO3. The Bertz CT molecular complexity index is 628. The predicted molar refractivity (Wildman–Crippen MR) is 88.1 cm³/mol. The van der Waals surface area contributed by atoms with Gasteiger partial charge in [0.1, 0.15) is 5.75 Å². The van der Waals surface area contributed by atoms with Crippen molar-refractivity contribution in [3.63, 3.8) is 0 Å². The minimum Gasteiger partial charge on any atom is -0.497 e. The van der Waals surface area contributed by atoms with Crippen LogP contribution in [0.1, 0.15) is 15.9 Å². The molecule has 0 aliphatic rings. The van der Waals surface area contributed by atoms with Crippen LogP contribution in [0, 0.1) is 0 Å². The third-order valence-corrected chi connectivity index (χ3v) is 3.59. The molecule has 116 valence electrons. The maximum Gasteiger partial charge on any atom is 0.195 e. The topological polar surface area (TPSA) is 58.6 Å². The molecule has 0 aliphatic carbocycles. The SMILES string of the molecule is COc1ccc(C(=O)c2ccccc2NCC(O)CCl)cc1. The molecule has 2 aromatic rings. The van der Waals surface area contributed by atoms with E-state index in [1.54, 1.807) is 49.6 Å². The highest BCUT2D eigenvalue weighted by molar-refractivity contribution is 6.18. The number of alkyl halides is 1. The molecule has 0 aromatic heterocycles. The number of aliphatic hydroxyl groups is 1. The lowest BCUT2D eigenvalue weighted by Crippen LogP contribution is -2.21. The normalized spacial score (nSPS) is 11.8. The van der Waals surface area contributed by atoms with Crippen molar-refractivity contribution in [1.82, 2.24) is 0 Å². The highest BCUT2D eigenvalue weighted by Gasteiger charge is 2.14. The minimum atomic E-state index is -0.661. The first-order chi connectivity index (χ1) is 10.7. The fourth-order valence-electron chi connectivity index (χ4n) is 2.02. The van der Waals surface area contributed by atoms with Crippen molar-refractivity contribution < 1.29 is 14.6 Å². The number of carbonyl (C=O) groups is 1. The predicted octanol–water partition coefficient (Wildman–Crippen LogP) is 2.94. The summed E-state index contributed by atoms with van der Waals surface area (Å²) >= 11 is 5.58. The van der Waals surface area contributed by atoms with E-state index in [-0.39, 0.29) is 18.2 Å². The van der Waals surface area contributed by atoms with Gasteiger partial charge in [0, 0.05) is 23.4 Å².